The van der Waals surface area contributed by atoms with Crippen LogP contribution in [-0.4, -0.2) is 24.1 Å². The predicted octanol–water partition coefficient (Wildman–Crippen LogP) is 2.37. The van der Waals surface area contributed by atoms with Crippen molar-refractivity contribution in [2.45, 2.75) is 13.3 Å². The molecule has 1 heterocycles. The molecule has 0 fully saturated rings. The minimum Gasteiger partial charge on any atom is -0.399 e. The number of carbonyl (C=O) groups excluding carboxylic acids is 1. The van der Waals surface area contributed by atoms with Crippen molar-refractivity contribution in [3.05, 3.63) is 40.1 Å². The fourth-order valence-corrected chi connectivity index (χ4v) is 2.48. The number of ether oxygens (including phenoxy) is 1. The molecule has 2 rings (SSSR count). The number of halogens is 1. The first kappa shape index (κ1) is 15.4. The Kier molecular flexibility index (Phi) is 5.24. The van der Waals surface area contributed by atoms with Crippen LogP contribution in [0.4, 0.5) is 15.8 Å². The second kappa shape index (κ2) is 7.14. The lowest BCUT2D eigenvalue weighted by molar-refractivity contribution is -0.120. The third-order valence-electron chi connectivity index (χ3n) is 2.82. The number of nitrogen functional groups attached to an aromatic ring is 1. The van der Waals surface area contributed by atoms with Gasteiger partial charge in [0, 0.05) is 17.0 Å². The summed E-state index contributed by atoms with van der Waals surface area (Å²) in [6, 6.07) is 4.01. The number of nitrogens with one attached hydrogen (secondary N) is 1. The zero-order valence-corrected chi connectivity index (χ0v) is 12.4. The maximum atomic E-state index is 13.4. The largest absolute Gasteiger partial charge is 0.399 e. The molecule has 2 aromatic rings. The lowest BCUT2D eigenvalue weighted by Crippen LogP contribution is -2.19. The molecule has 1 aromatic heterocycles. The number of nitrogens with two attached hydrogens (primary N) is 1. The summed E-state index contributed by atoms with van der Waals surface area (Å²) < 4.78 is 18.7. The Morgan fingerprint density at radius 1 is 1.52 bits per heavy atom. The van der Waals surface area contributed by atoms with Crippen molar-refractivity contribution in [1.29, 1.82) is 0 Å². The average molecular weight is 309 g/mol. The molecule has 1 amide bonds. The lowest BCUT2D eigenvalue weighted by atomic mass is 10.2. The Labute approximate surface area is 126 Å². The van der Waals surface area contributed by atoms with Gasteiger partial charge in [0.1, 0.15) is 12.4 Å². The van der Waals surface area contributed by atoms with E-state index in [0.29, 0.717) is 18.7 Å². The number of nitrogens with zero attached hydrogens (tertiary/aromatic N) is 1. The monoisotopic (exact) mass is 309 g/mol. The number of benzene rings is 1. The molecule has 0 bridgehead atoms. The van der Waals surface area contributed by atoms with Gasteiger partial charge in [0.05, 0.1) is 23.5 Å². The van der Waals surface area contributed by atoms with Gasteiger partial charge in [0.25, 0.3) is 0 Å². The Morgan fingerprint density at radius 2 is 2.33 bits per heavy atom. The van der Waals surface area contributed by atoms with Crippen LogP contribution >= 0.6 is 11.3 Å². The van der Waals surface area contributed by atoms with Crippen molar-refractivity contribution in [3.63, 3.8) is 0 Å². The summed E-state index contributed by atoms with van der Waals surface area (Å²) in [7, 11) is 0. The van der Waals surface area contributed by atoms with E-state index < -0.39 is 11.7 Å². The first-order valence-electron chi connectivity index (χ1n) is 6.38. The van der Waals surface area contributed by atoms with Crippen LogP contribution in [0.1, 0.15) is 10.6 Å². The number of thiazole rings is 1. The summed E-state index contributed by atoms with van der Waals surface area (Å²) in [6.07, 6.45) is 0.705. The van der Waals surface area contributed by atoms with Gasteiger partial charge in [-0.25, -0.2) is 9.37 Å². The van der Waals surface area contributed by atoms with Crippen molar-refractivity contribution in [3.8, 4) is 0 Å². The van der Waals surface area contributed by atoms with Gasteiger partial charge in [0.15, 0.2) is 0 Å². The number of rotatable bonds is 6. The van der Waals surface area contributed by atoms with Gasteiger partial charge in [-0.05, 0) is 25.1 Å². The molecule has 0 aliphatic carbocycles. The summed E-state index contributed by atoms with van der Waals surface area (Å²) in [5.41, 5.74) is 8.74. The third kappa shape index (κ3) is 4.51. The molecule has 0 saturated carbocycles. The highest BCUT2D eigenvalue weighted by molar-refractivity contribution is 7.09. The van der Waals surface area contributed by atoms with Crippen LogP contribution < -0.4 is 11.1 Å². The average Bonchev–Trinajstić information content (AvgIpc) is 2.84. The second-order valence-electron chi connectivity index (χ2n) is 4.45. The molecule has 21 heavy (non-hydrogen) atoms. The van der Waals surface area contributed by atoms with Crippen LogP contribution in [0.25, 0.3) is 0 Å². The van der Waals surface area contributed by atoms with E-state index in [4.69, 9.17) is 10.5 Å². The Bertz CT molecular complexity index is 630. The number of carbonyl (C=O) groups is 1. The normalized spacial score (nSPS) is 10.6. The van der Waals surface area contributed by atoms with E-state index in [1.165, 1.54) is 18.2 Å². The van der Waals surface area contributed by atoms with Gasteiger partial charge >= 0.3 is 0 Å². The molecule has 0 saturated heterocycles. The molecule has 0 spiro atoms. The van der Waals surface area contributed by atoms with Gasteiger partial charge < -0.3 is 15.8 Å². The molecule has 7 heteroatoms. The quantitative estimate of drug-likeness (QED) is 0.634. The standard InChI is InChI=1S/C14H16FN3O2S/c1-9-13(21-8-17-9)4-5-20-7-14(19)18-12-6-10(16)2-3-11(12)15/h2-3,6,8H,4-5,7,16H2,1H3,(H,18,19). The van der Waals surface area contributed by atoms with Gasteiger partial charge in [-0.15, -0.1) is 11.3 Å². The first-order chi connectivity index (χ1) is 10.1. The zero-order valence-electron chi connectivity index (χ0n) is 11.6. The van der Waals surface area contributed by atoms with Gasteiger partial charge in [-0.2, -0.15) is 0 Å². The van der Waals surface area contributed by atoms with E-state index in [-0.39, 0.29) is 12.3 Å². The van der Waals surface area contributed by atoms with E-state index in [9.17, 15) is 9.18 Å². The molecule has 0 aliphatic heterocycles. The van der Waals surface area contributed by atoms with Crippen LogP contribution in [0.3, 0.4) is 0 Å². The van der Waals surface area contributed by atoms with Crippen molar-refractivity contribution in [2.24, 2.45) is 0 Å². The van der Waals surface area contributed by atoms with E-state index in [2.05, 4.69) is 10.3 Å². The highest BCUT2D eigenvalue weighted by Gasteiger charge is 2.08. The van der Waals surface area contributed by atoms with Crippen LogP contribution in [-0.2, 0) is 16.0 Å². The number of amides is 1. The molecule has 112 valence electrons. The summed E-state index contributed by atoms with van der Waals surface area (Å²) in [5, 5.41) is 2.43. The SMILES string of the molecule is Cc1ncsc1CCOCC(=O)Nc1cc(N)ccc1F. The van der Waals surface area contributed by atoms with Gasteiger partial charge in [0.2, 0.25) is 5.91 Å². The lowest BCUT2D eigenvalue weighted by Gasteiger charge is -2.08. The molecule has 3 N–H and O–H groups in total. The smallest absolute Gasteiger partial charge is 0.250 e. The van der Waals surface area contributed by atoms with Crippen molar-refractivity contribution in [2.75, 3.05) is 24.3 Å². The molecule has 0 unspecified atom stereocenters. The van der Waals surface area contributed by atoms with Crippen molar-refractivity contribution < 1.29 is 13.9 Å². The van der Waals surface area contributed by atoms with Gasteiger partial charge in [-0.3, -0.25) is 4.79 Å². The summed E-state index contributed by atoms with van der Waals surface area (Å²) in [4.78, 5) is 16.9. The Morgan fingerprint density at radius 3 is 3.05 bits per heavy atom. The van der Waals surface area contributed by atoms with Crippen LogP contribution in [0.15, 0.2) is 23.7 Å². The summed E-state index contributed by atoms with van der Waals surface area (Å²) in [5.74, 6) is -0.946. The van der Waals surface area contributed by atoms with Crippen LogP contribution in [0.2, 0.25) is 0 Å². The molecular weight excluding hydrogens is 293 g/mol. The summed E-state index contributed by atoms with van der Waals surface area (Å²) in [6.45, 7) is 2.21. The molecule has 0 atom stereocenters. The molecule has 0 radical (unpaired) electrons. The number of aryl methyl sites for hydroxylation is 1. The Balaban J connectivity index is 1.75. The number of aromatic nitrogens is 1. The highest BCUT2D eigenvalue weighted by Crippen LogP contribution is 2.17. The Hall–Kier alpha value is -1.99. The maximum absolute atomic E-state index is 13.4. The molecule has 5 nitrogen and oxygen atoms in total. The number of hydrogen-bond acceptors (Lipinski definition) is 5. The number of hydrogen-bond donors (Lipinski definition) is 2. The number of anilines is 2. The fraction of sp³-hybridized carbons (Fsp3) is 0.286. The molecule has 1 aromatic carbocycles. The molecular formula is C14H16FN3O2S. The van der Waals surface area contributed by atoms with Crippen molar-refractivity contribution >= 4 is 28.6 Å². The fourth-order valence-electron chi connectivity index (χ4n) is 1.72. The van der Waals surface area contributed by atoms with Crippen LogP contribution in [0, 0.1) is 12.7 Å². The highest BCUT2D eigenvalue weighted by atomic mass is 32.1. The van der Waals surface area contributed by atoms with E-state index in [0.717, 1.165) is 10.6 Å². The third-order valence-corrected chi connectivity index (χ3v) is 3.81. The maximum Gasteiger partial charge on any atom is 0.250 e. The van der Waals surface area contributed by atoms with Crippen LogP contribution in [0.5, 0.6) is 0 Å². The van der Waals surface area contributed by atoms with E-state index in [1.54, 1.807) is 16.8 Å². The minimum atomic E-state index is -0.530. The van der Waals surface area contributed by atoms with E-state index >= 15 is 0 Å². The first-order valence-corrected chi connectivity index (χ1v) is 7.26. The van der Waals surface area contributed by atoms with Crippen molar-refractivity contribution in [1.82, 2.24) is 4.98 Å². The molecule has 0 aliphatic rings. The second-order valence-corrected chi connectivity index (χ2v) is 5.39. The zero-order chi connectivity index (χ0) is 15.2. The predicted molar refractivity (Wildman–Crippen MR) is 80.8 cm³/mol. The minimum absolute atomic E-state index is 0.0573. The topological polar surface area (TPSA) is 77.2 Å². The van der Waals surface area contributed by atoms with Gasteiger partial charge in [-0.1, -0.05) is 0 Å². The van der Waals surface area contributed by atoms with E-state index in [1.807, 2.05) is 6.92 Å². The summed E-state index contributed by atoms with van der Waals surface area (Å²) >= 11 is 1.56.